The summed E-state index contributed by atoms with van der Waals surface area (Å²) in [6.45, 7) is 3.01. The van der Waals surface area contributed by atoms with Crippen molar-refractivity contribution in [2.24, 2.45) is 11.8 Å². The van der Waals surface area contributed by atoms with E-state index in [0.29, 0.717) is 17.9 Å². The van der Waals surface area contributed by atoms with E-state index < -0.39 is 0 Å². The molecule has 16 heavy (non-hydrogen) atoms. The average Bonchev–Trinajstić information content (AvgIpc) is 3.00. The molecule has 3 heteroatoms. The Labute approximate surface area is 107 Å². The maximum atomic E-state index is 12.4. The lowest BCUT2D eigenvalue weighted by Gasteiger charge is -2.31. The van der Waals surface area contributed by atoms with Crippen LogP contribution in [0.25, 0.3) is 0 Å². The molecule has 0 spiro atoms. The first-order chi connectivity index (χ1) is 7.74. The van der Waals surface area contributed by atoms with Gasteiger partial charge in [-0.25, -0.2) is 0 Å². The number of alkyl halides is 1. The van der Waals surface area contributed by atoms with Gasteiger partial charge in [0.15, 0.2) is 0 Å². The summed E-state index contributed by atoms with van der Waals surface area (Å²) in [5, 5.41) is 0.909. The molecule has 0 aromatic heterocycles. The molecule has 0 N–H and O–H groups in total. The van der Waals surface area contributed by atoms with Crippen LogP contribution in [-0.2, 0) is 4.79 Å². The van der Waals surface area contributed by atoms with E-state index in [1.54, 1.807) is 0 Å². The van der Waals surface area contributed by atoms with Crippen LogP contribution in [0.15, 0.2) is 0 Å². The number of hydrogen-bond acceptors (Lipinski definition) is 1. The Balaban J connectivity index is 1.96. The third kappa shape index (κ3) is 2.79. The number of hydrogen-bond donors (Lipinski definition) is 0. The third-order valence-corrected chi connectivity index (χ3v) is 4.45. The number of carbonyl (C=O) groups excluding carboxylic acids is 1. The van der Waals surface area contributed by atoms with Gasteiger partial charge in [0.05, 0.1) is 0 Å². The Hall–Kier alpha value is -0.0500. The van der Waals surface area contributed by atoms with E-state index in [4.69, 9.17) is 0 Å². The van der Waals surface area contributed by atoms with Crippen LogP contribution >= 0.6 is 15.9 Å². The first-order valence-corrected chi connectivity index (χ1v) is 7.72. The standard InChI is InChI=1S/C13H22BrNO/c1-10(11-6-7-11)13(16)15(9-8-14)12-4-2-3-5-12/h10-12H,2-9H2,1H3. The molecule has 0 aromatic carbocycles. The Morgan fingerprint density at radius 2 is 1.94 bits per heavy atom. The summed E-state index contributed by atoms with van der Waals surface area (Å²) in [5.74, 6) is 1.36. The molecule has 0 aliphatic heterocycles. The SMILES string of the molecule is CC(C(=O)N(CCBr)C1CCCC1)C1CC1. The second-order valence-corrected chi connectivity index (χ2v) is 6.08. The fourth-order valence-corrected chi connectivity index (χ4v) is 3.22. The second-order valence-electron chi connectivity index (χ2n) is 5.28. The van der Waals surface area contributed by atoms with Gasteiger partial charge in [0.25, 0.3) is 0 Å². The molecule has 2 saturated carbocycles. The largest absolute Gasteiger partial charge is 0.339 e. The predicted molar refractivity (Wildman–Crippen MR) is 69.7 cm³/mol. The zero-order valence-corrected chi connectivity index (χ0v) is 11.7. The summed E-state index contributed by atoms with van der Waals surface area (Å²) >= 11 is 3.47. The van der Waals surface area contributed by atoms with Gasteiger partial charge in [0.2, 0.25) is 5.91 Å². The van der Waals surface area contributed by atoms with E-state index in [1.165, 1.54) is 38.5 Å². The van der Waals surface area contributed by atoms with E-state index in [2.05, 4.69) is 27.8 Å². The van der Waals surface area contributed by atoms with Gasteiger partial charge in [-0.3, -0.25) is 4.79 Å². The molecular weight excluding hydrogens is 266 g/mol. The summed E-state index contributed by atoms with van der Waals surface area (Å²) in [4.78, 5) is 14.6. The van der Waals surface area contributed by atoms with Crippen LogP contribution in [0.4, 0.5) is 0 Å². The van der Waals surface area contributed by atoms with Crippen molar-refractivity contribution < 1.29 is 4.79 Å². The van der Waals surface area contributed by atoms with Crippen LogP contribution in [0.1, 0.15) is 45.4 Å². The Morgan fingerprint density at radius 3 is 2.44 bits per heavy atom. The summed E-state index contributed by atoms with van der Waals surface area (Å²) in [6.07, 6.45) is 7.56. The van der Waals surface area contributed by atoms with Crippen LogP contribution in [0.3, 0.4) is 0 Å². The van der Waals surface area contributed by atoms with E-state index in [1.807, 2.05) is 0 Å². The molecule has 1 unspecified atom stereocenters. The molecule has 0 heterocycles. The quantitative estimate of drug-likeness (QED) is 0.711. The second kappa shape index (κ2) is 5.52. The molecule has 2 fully saturated rings. The first kappa shape index (κ1) is 12.4. The van der Waals surface area contributed by atoms with Gasteiger partial charge in [0, 0.05) is 23.8 Å². The molecule has 2 aliphatic carbocycles. The lowest BCUT2D eigenvalue weighted by atomic mass is 10.0. The highest BCUT2D eigenvalue weighted by Gasteiger charge is 2.37. The Kier molecular flexibility index (Phi) is 4.28. The van der Waals surface area contributed by atoms with Crippen molar-refractivity contribution in [1.29, 1.82) is 0 Å². The zero-order valence-electron chi connectivity index (χ0n) is 10.1. The fraction of sp³-hybridized carbons (Fsp3) is 0.923. The molecule has 2 aliphatic rings. The van der Waals surface area contributed by atoms with Gasteiger partial charge in [-0.1, -0.05) is 35.7 Å². The van der Waals surface area contributed by atoms with Crippen molar-refractivity contribution in [2.75, 3.05) is 11.9 Å². The summed E-state index contributed by atoms with van der Waals surface area (Å²) in [7, 11) is 0. The maximum Gasteiger partial charge on any atom is 0.225 e. The molecule has 2 nitrogen and oxygen atoms in total. The molecule has 1 atom stereocenters. The topological polar surface area (TPSA) is 20.3 Å². The molecule has 2 rings (SSSR count). The minimum atomic E-state index is 0.264. The van der Waals surface area contributed by atoms with Crippen molar-refractivity contribution in [3.63, 3.8) is 0 Å². The minimum Gasteiger partial charge on any atom is -0.339 e. The van der Waals surface area contributed by atoms with Crippen LogP contribution in [0.2, 0.25) is 0 Å². The molecule has 1 amide bonds. The first-order valence-electron chi connectivity index (χ1n) is 6.60. The fourth-order valence-electron chi connectivity index (χ4n) is 2.84. The minimum absolute atomic E-state index is 0.264. The van der Waals surface area contributed by atoms with Gasteiger partial charge < -0.3 is 4.90 Å². The highest BCUT2D eigenvalue weighted by Crippen LogP contribution is 2.38. The molecular formula is C13H22BrNO. The van der Waals surface area contributed by atoms with Crippen molar-refractivity contribution in [2.45, 2.75) is 51.5 Å². The van der Waals surface area contributed by atoms with Crippen molar-refractivity contribution in [3.8, 4) is 0 Å². The van der Waals surface area contributed by atoms with E-state index in [9.17, 15) is 4.79 Å². The van der Waals surface area contributed by atoms with Gasteiger partial charge >= 0.3 is 0 Å². The van der Waals surface area contributed by atoms with Crippen molar-refractivity contribution in [3.05, 3.63) is 0 Å². The maximum absolute atomic E-state index is 12.4. The molecule has 0 aromatic rings. The molecule has 92 valence electrons. The van der Waals surface area contributed by atoms with Crippen LogP contribution < -0.4 is 0 Å². The van der Waals surface area contributed by atoms with E-state index in [-0.39, 0.29) is 5.92 Å². The monoisotopic (exact) mass is 287 g/mol. The smallest absolute Gasteiger partial charge is 0.225 e. The summed E-state index contributed by atoms with van der Waals surface area (Å²) in [5.41, 5.74) is 0. The van der Waals surface area contributed by atoms with Gasteiger partial charge in [-0.2, -0.15) is 0 Å². The summed E-state index contributed by atoms with van der Waals surface area (Å²) < 4.78 is 0. The Morgan fingerprint density at radius 1 is 1.31 bits per heavy atom. The van der Waals surface area contributed by atoms with Crippen LogP contribution in [0.5, 0.6) is 0 Å². The highest BCUT2D eigenvalue weighted by atomic mass is 79.9. The molecule has 0 bridgehead atoms. The lowest BCUT2D eigenvalue weighted by Crippen LogP contribution is -2.43. The Bertz CT molecular complexity index is 246. The lowest BCUT2D eigenvalue weighted by molar-refractivity contribution is -0.137. The number of rotatable bonds is 5. The normalized spacial score (nSPS) is 23.4. The molecule has 0 saturated heterocycles. The average molecular weight is 288 g/mol. The van der Waals surface area contributed by atoms with Crippen molar-refractivity contribution in [1.82, 2.24) is 4.90 Å². The predicted octanol–water partition coefficient (Wildman–Crippen LogP) is 3.20. The number of amides is 1. The van der Waals surface area contributed by atoms with Gasteiger partial charge in [-0.15, -0.1) is 0 Å². The highest BCUT2D eigenvalue weighted by molar-refractivity contribution is 9.09. The zero-order chi connectivity index (χ0) is 11.5. The van der Waals surface area contributed by atoms with Crippen LogP contribution in [0, 0.1) is 11.8 Å². The number of nitrogens with zero attached hydrogens (tertiary/aromatic N) is 1. The van der Waals surface area contributed by atoms with E-state index in [0.717, 1.165) is 11.9 Å². The third-order valence-electron chi connectivity index (χ3n) is 4.09. The molecule has 0 radical (unpaired) electrons. The number of carbonyl (C=O) groups is 1. The van der Waals surface area contributed by atoms with Gasteiger partial charge in [0.1, 0.15) is 0 Å². The number of halogens is 1. The van der Waals surface area contributed by atoms with E-state index >= 15 is 0 Å². The van der Waals surface area contributed by atoms with Crippen LogP contribution in [-0.4, -0.2) is 28.7 Å². The van der Waals surface area contributed by atoms with Gasteiger partial charge in [-0.05, 0) is 31.6 Å². The summed E-state index contributed by atoms with van der Waals surface area (Å²) in [6, 6.07) is 0.534. The van der Waals surface area contributed by atoms with Crippen molar-refractivity contribution >= 4 is 21.8 Å².